The van der Waals surface area contributed by atoms with E-state index in [1.807, 2.05) is 4.52 Å². The van der Waals surface area contributed by atoms with Crippen molar-refractivity contribution in [3.63, 3.8) is 0 Å². The number of tetrazole rings is 1. The summed E-state index contributed by atoms with van der Waals surface area (Å²) in [6, 6.07) is 9.44. The monoisotopic (exact) mass is 396 g/mol. The second-order valence-corrected chi connectivity index (χ2v) is 8.36. The third-order valence-corrected chi connectivity index (χ3v) is 6.20. The van der Waals surface area contributed by atoms with Gasteiger partial charge in [0.25, 0.3) is 0 Å². The van der Waals surface area contributed by atoms with Gasteiger partial charge in [-0.3, -0.25) is 0 Å². The van der Waals surface area contributed by atoms with Gasteiger partial charge in [0.05, 0.1) is 5.52 Å². The van der Waals surface area contributed by atoms with Gasteiger partial charge in [-0.15, -0.1) is 5.10 Å². The quantitative estimate of drug-likeness (QED) is 0.658. The van der Waals surface area contributed by atoms with Gasteiger partial charge in [0.15, 0.2) is 10.8 Å². The normalized spacial score (nSPS) is 16.0. The lowest BCUT2D eigenvalue weighted by molar-refractivity contribution is 0.300. The van der Waals surface area contributed by atoms with Crippen LogP contribution in [0.5, 0.6) is 0 Å². The van der Waals surface area contributed by atoms with E-state index in [1.165, 1.54) is 31.2 Å². The number of fused-ring (bicyclic) bond motifs is 3. The van der Waals surface area contributed by atoms with Gasteiger partial charge in [-0.1, -0.05) is 31.4 Å². The summed E-state index contributed by atoms with van der Waals surface area (Å²) in [5.41, 5.74) is 4.18. The van der Waals surface area contributed by atoms with Crippen molar-refractivity contribution >= 4 is 33.9 Å². The number of thiocarbonyl (C=S) groups is 1. The van der Waals surface area contributed by atoms with E-state index in [0.717, 1.165) is 40.2 Å². The number of aryl methyl sites for hydroxylation is 1. The van der Waals surface area contributed by atoms with Gasteiger partial charge in [0, 0.05) is 29.6 Å². The Labute approximate surface area is 171 Å². The molecule has 2 heterocycles. The van der Waals surface area contributed by atoms with Crippen LogP contribution < -0.4 is 5.32 Å². The summed E-state index contributed by atoms with van der Waals surface area (Å²) in [5.74, 6) is 0. The first kappa shape index (κ1) is 19.1. The van der Waals surface area contributed by atoms with Gasteiger partial charge in [-0.05, 0) is 74.0 Å². The van der Waals surface area contributed by atoms with Crippen molar-refractivity contribution in [3.8, 4) is 0 Å². The predicted octanol–water partition coefficient (Wildman–Crippen LogP) is 4.00. The first-order valence-electron chi connectivity index (χ1n) is 10.2. The smallest absolute Gasteiger partial charge is 0.184 e. The molecule has 0 unspecified atom stereocenters. The van der Waals surface area contributed by atoms with Gasteiger partial charge >= 0.3 is 0 Å². The molecule has 6 nitrogen and oxygen atoms in total. The number of benzene rings is 1. The minimum Gasteiger partial charge on any atom is -0.360 e. The standard InChI is InChI=1S/C21H28N6S/c1-4-15(3)22-21(28)26(18-7-5-6-8-18)13-17-12-16-11-14(2)9-10-19(16)27-20(17)23-24-25-27/h9-12,15,18H,4-8,13H2,1-3H3,(H,22,28)/t15-/m1/s1. The molecule has 28 heavy (non-hydrogen) atoms. The van der Waals surface area contributed by atoms with Crippen LogP contribution in [0.15, 0.2) is 24.3 Å². The van der Waals surface area contributed by atoms with Crippen molar-refractivity contribution in [2.24, 2.45) is 0 Å². The lowest BCUT2D eigenvalue weighted by atomic mass is 10.1. The van der Waals surface area contributed by atoms with Crippen LogP contribution in [0.3, 0.4) is 0 Å². The van der Waals surface area contributed by atoms with E-state index in [2.05, 4.69) is 70.8 Å². The molecule has 3 aromatic rings. The second-order valence-electron chi connectivity index (χ2n) is 7.97. The highest BCUT2D eigenvalue weighted by molar-refractivity contribution is 7.80. The Morgan fingerprint density at radius 3 is 2.86 bits per heavy atom. The number of nitrogens with zero attached hydrogens (tertiary/aromatic N) is 5. The molecule has 1 aromatic carbocycles. The Hall–Kier alpha value is -2.28. The molecule has 0 bridgehead atoms. The van der Waals surface area contributed by atoms with Crippen LogP contribution in [0.2, 0.25) is 0 Å². The third-order valence-electron chi connectivity index (χ3n) is 5.85. The minimum absolute atomic E-state index is 0.366. The van der Waals surface area contributed by atoms with Crippen LogP contribution in [-0.4, -0.2) is 42.1 Å². The Morgan fingerprint density at radius 2 is 2.11 bits per heavy atom. The lowest BCUT2D eigenvalue weighted by Crippen LogP contribution is -2.47. The summed E-state index contributed by atoms with van der Waals surface area (Å²) in [7, 11) is 0. The number of hydrogen-bond acceptors (Lipinski definition) is 4. The highest BCUT2D eigenvalue weighted by Crippen LogP contribution is 2.27. The maximum Gasteiger partial charge on any atom is 0.184 e. The molecule has 0 aliphatic heterocycles. The summed E-state index contributed by atoms with van der Waals surface area (Å²) < 4.78 is 1.85. The largest absolute Gasteiger partial charge is 0.360 e. The Balaban J connectivity index is 1.73. The fraction of sp³-hybridized carbons (Fsp3) is 0.524. The minimum atomic E-state index is 0.366. The fourth-order valence-corrected chi connectivity index (χ4v) is 4.48. The summed E-state index contributed by atoms with van der Waals surface area (Å²) in [6.45, 7) is 7.19. The zero-order chi connectivity index (χ0) is 19.7. The maximum absolute atomic E-state index is 5.83. The van der Waals surface area contributed by atoms with Crippen LogP contribution in [0, 0.1) is 6.92 Å². The Kier molecular flexibility index (Phi) is 5.44. The van der Waals surface area contributed by atoms with Crippen molar-refractivity contribution in [2.75, 3.05) is 0 Å². The van der Waals surface area contributed by atoms with Gasteiger partial charge < -0.3 is 10.2 Å². The van der Waals surface area contributed by atoms with Gasteiger partial charge in [0.2, 0.25) is 0 Å². The molecular weight excluding hydrogens is 368 g/mol. The zero-order valence-electron chi connectivity index (χ0n) is 16.9. The van der Waals surface area contributed by atoms with Gasteiger partial charge in [0.1, 0.15) is 0 Å². The van der Waals surface area contributed by atoms with Crippen LogP contribution in [-0.2, 0) is 6.54 Å². The number of rotatable bonds is 5. The average Bonchev–Trinajstić information content (AvgIpc) is 3.37. The lowest BCUT2D eigenvalue weighted by Gasteiger charge is -2.33. The summed E-state index contributed by atoms with van der Waals surface area (Å²) >= 11 is 5.83. The van der Waals surface area contributed by atoms with Gasteiger partial charge in [-0.25, -0.2) is 0 Å². The highest BCUT2D eigenvalue weighted by atomic mass is 32.1. The van der Waals surface area contributed by atoms with Crippen molar-refractivity contribution in [3.05, 3.63) is 35.4 Å². The van der Waals surface area contributed by atoms with Crippen molar-refractivity contribution < 1.29 is 0 Å². The third kappa shape index (κ3) is 3.68. The number of aromatic nitrogens is 4. The van der Waals surface area contributed by atoms with Crippen LogP contribution in [0.1, 0.15) is 57.1 Å². The van der Waals surface area contributed by atoms with E-state index < -0.39 is 0 Å². The number of hydrogen-bond donors (Lipinski definition) is 1. The van der Waals surface area contributed by atoms with E-state index in [1.54, 1.807) is 0 Å². The molecule has 7 heteroatoms. The fourth-order valence-electron chi connectivity index (χ4n) is 4.06. The number of pyridine rings is 1. The molecule has 1 fully saturated rings. The molecule has 148 valence electrons. The van der Waals surface area contributed by atoms with Crippen molar-refractivity contribution in [1.29, 1.82) is 0 Å². The summed E-state index contributed by atoms with van der Waals surface area (Å²) in [6.07, 6.45) is 5.97. The molecule has 2 aromatic heterocycles. The first-order chi connectivity index (χ1) is 13.6. The van der Waals surface area contributed by atoms with E-state index in [9.17, 15) is 0 Å². The van der Waals surface area contributed by atoms with Gasteiger partial charge in [-0.2, -0.15) is 4.52 Å². The van der Waals surface area contributed by atoms with Crippen molar-refractivity contribution in [1.82, 2.24) is 30.3 Å². The predicted molar refractivity (Wildman–Crippen MR) is 116 cm³/mol. The second kappa shape index (κ2) is 7.99. The summed E-state index contributed by atoms with van der Waals surface area (Å²) in [4.78, 5) is 2.36. The maximum atomic E-state index is 5.83. The van der Waals surface area contributed by atoms with E-state index in [4.69, 9.17) is 12.2 Å². The molecule has 1 atom stereocenters. The van der Waals surface area contributed by atoms with E-state index >= 15 is 0 Å². The molecule has 0 saturated heterocycles. The zero-order valence-corrected chi connectivity index (χ0v) is 17.7. The first-order valence-corrected chi connectivity index (χ1v) is 10.6. The summed E-state index contributed by atoms with van der Waals surface area (Å²) in [5, 5.41) is 18.0. The molecule has 1 saturated carbocycles. The molecule has 0 radical (unpaired) electrons. The van der Waals surface area contributed by atoms with E-state index in [0.29, 0.717) is 12.1 Å². The Bertz CT molecular complexity index is 991. The molecule has 0 spiro atoms. The molecule has 0 amide bonds. The Morgan fingerprint density at radius 1 is 1.32 bits per heavy atom. The highest BCUT2D eigenvalue weighted by Gasteiger charge is 2.26. The molecular formula is C21H28N6S. The van der Waals surface area contributed by atoms with Crippen LogP contribution in [0.25, 0.3) is 16.6 Å². The van der Waals surface area contributed by atoms with Crippen molar-refractivity contribution in [2.45, 2.75) is 71.5 Å². The number of nitrogens with one attached hydrogen (secondary N) is 1. The molecule has 4 rings (SSSR count). The van der Waals surface area contributed by atoms with Crippen LogP contribution >= 0.6 is 12.2 Å². The molecule has 1 N–H and O–H groups in total. The SMILES string of the molecule is CC[C@@H](C)NC(=S)N(Cc1cc2cc(C)ccc2n2nnnc12)C1CCCC1. The van der Waals surface area contributed by atoms with Crippen LogP contribution in [0.4, 0.5) is 0 Å². The van der Waals surface area contributed by atoms with E-state index in [-0.39, 0.29) is 0 Å². The topological polar surface area (TPSA) is 58.4 Å². The molecule has 1 aliphatic carbocycles. The average molecular weight is 397 g/mol. The molecule has 1 aliphatic rings.